The molecule has 3 rings (SSSR count). The third-order valence-corrected chi connectivity index (χ3v) is 4.02. The van der Waals surface area contributed by atoms with E-state index in [-0.39, 0.29) is 0 Å². The standard InChI is InChI=1S/C13H12ClN3S/c1-2-17-10-7-8(14)3-4-9(10)16-13(17)11-5-6-12(15)18-11/h3-7H,2,15H2,1H3. The van der Waals surface area contributed by atoms with Crippen molar-refractivity contribution < 1.29 is 0 Å². The van der Waals surface area contributed by atoms with Gasteiger partial charge >= 0.3 is 0 Å². The minimum Gasteiger partial charge on any atom is -0.391 e. The zero-order valence-electron chi connectivity index (χ0n) is 9.85. The first-order valence-electron chi connectivity index (χ1n) is 5.70. The lowest BCUT2D eigenvalue weighted by molar-refractivity contribution is 0.798. The molecule has 0 aliphatic carbocycles. The third kappa shape index (κ3) is 1.78. The second kappa shape index (κ2) is 4.30. The van der Waals surface area contributed by atoms with Crippen molar-refractivity contribution in [2.24, 2.45) is 0 Å². The van der Waals surface area contributed by atoms with Crippen molar-refractivity contribution in [3.63, 3.8) is 0 Å². The molecule has 0 atom stereocenters. The summed E-state index contributed by atoms with van der Waals surface area (Å²) in [4.78, 5) is 5.75. The number of imidazole rings is 1. The van der Waals surface area contributed by atoms with Gasteiger partial charge in [0.05, 0.1) is 20.9 Å². The van der Waals surface area contributed by atoms with Crippen LogP contribution in [0.15, 0.2) is 30.3 Å². The van der Waals surface area contributed by atoms with Crippen molar-refractivity contribution in [1.29, 1.82) is 0 Å². The molecular weight excluding hydrogens is 266 g/mol. The van der Waals surface area contributed by atoms with Gasteiger partial charge in [-0.2, -0.15) is 0 Å². The van der Waals surface area contributed by atoms with E-state index in [2.05, 4.69) is 16.5 Å². The van der Waals surface area contributed by atoms with E-state index < -0.39 is 0 Å². The number of anilines is 1. The highest BCUT2D eigenvalue weighted by molar-refractivity contribution is 7.19. The Hall–Kier alpha value is -1.52. The molecule has 3 aromatic rings. The smallest absolute Gasteiger partial charge is 0.151 e. The van der Waals surface area contributed by atoms with Gasteiger partial charge in [-0.15, -0.1) is 11.3 Å². The van der Waals surface area contributed by atoms with Crippen LogP contribution in [0.4, 0.5) is 5.00 Å². The maximum Gasteiger partial charge on any atom is 0.151 e. The van der Waals surface area contributed by atoms with E-state index in [0.29, 0.717) is 0 Å². The number of hydrogen-bond acceptors (Lipinski definition) is 3. The molecule has 0 fully saturated rings. The molecule has 0 radical (unpaired) electrons. The van der Waals surface area contributed by atoms with Gasteiger partial charge in [0, 0.05) is 11.6 Å². The highest BCUT2D eigenvalue weighted by Gasteiger charge is 2.13. The minimum atomic E-state index is 0.731. The Balaban J connectivity index is 2.29. The lowest BCUT2D eigenvalue weighted by atomic mass is 10.3. The van der Waals surface area contributed by atoms with Crippen LogP contribution < -0.4 is 5.73 Å². The molecule has 1 aromatic carbocycles. The molecule has 0 unspecified atom stereocenters. The average molecular weight is 278 g/mol. The van der Waals surface area contributed by atoms with Crippen LogP contribution in [-0.2, 0) is 6.54 Å². The third-order valence-electron chi connectivity index (χ3n) is 2.87. The molecule has 2 heterocycles. The van der Waals surface area contributed by atoms with E-state index in [1.54, 1.807) is 11.3 Å². The van der Waals surface area contributed by atoms with Crippen molar-refractivity contribution in [3.05, 3.63) is 35.4 Å². The zero-order valence-corrected chi connectivity index (χ0v) is 11.4. The second-order valence-corrected chi connectivity index (χ2v) is 5.57. The fourth-order valence-corrected chi connectivity index (χ4v) is 3.02. The van der Waals surface area contributed by atoms with Gasteiger partial charge in [-0.3, -0.25) is 0 Å². The van der Waals surface area contributed by atoms with E-state index in [1.165, 1.54) is 0 Å². The van der Waals surface area contributed by atoms with Gasteiger partial charge < -0.3 is 10.3 Å². The predicted octanol–water partition coefficient (Wildman–Crippen LogP) is 4.02. The second-order valence-electron chi connectivity index (χ2n) is 4.01. The monoisotopic (exact) mass is 277 g/mol. The number of rotatable bonds is 2. The summed E-state index contributed by atoms with van der Waals surface area (Å²) in [5.74, 6) is 0.955. The molecule has 5 heteroatoms. The van der Waals surface area contributed by atoms with Crippen LogP contribution in [-0.4, -0.2) is 9.55 Å². The highest BCUT2D eigenvalue weighted by Crippen LogP contribution is 2.32. The van der Waals surface area contributed by atoms with E-state index in [0.717, 1.165) is 38.3 Å². The molecule has 0 saturated heterocycles. The van der Waals surface area contributed by atoms with Gasteiger partial charge in [-0.05, 0) is 37.3 Å². The van der Waals surface area contributed by atoms with Gasteiger partial charge in [0.15, 0.2) is 5.82 Å². The van der Waals surface area contributed by atoms with E-state index in [4.69, 9.17) is 17.3 Å². The fourth-order valence-electron chi connectivity index (χ4n) is 2.08. The van der Waals surface area contributed by atoms with Crippen LogP contribution in [0.5, 0.6) is 0 Å². The number of hydrogen-bond donors (Lipinski definition) is 1. The van der Waals surface area contributed by atoms with Crippen LogP contribution in [0.2, 0.25) is 5.02 Å². The van der Waals surface area contributed by atoms with Crippen LogP contribution >= 0.6 is 22.9 Å². The maximum absolute atomic E-state index is 6.05. The van der Waals surface area contributed by atoms with Crippen molar-refractivity contribution >= 4 is 39.0 Å². The molecule has 2 N–H and O–H groups in total. The average Bonchev–Trinajstić information content (AvgIpc) is 2.91. The molecule has 0 aliphatic heterocycles. The largest absolute Gasteiger partial charge is 0.391 e. The Morgan fingerprint density at radius 1 is 1.33 bits per heavy atom. The predicted molar refractivity (Wildman–Crippen MR) is 78.1 cm³/mol. The first-order chi connectivity index (χ1) is 8.69. The maximum atomic E-state index is 6.05. The number of nitrogen functional groups attached to an aromatic ring is 1. The van der Waals surface area contributed by atoms with E-state index >= 15 is 0 Å². The van der Waals surface area contributed by atoms with Gasteiger partial charge in [-0.1, -0.05) is 11.6 Å². The summed E-state index contributed by atoms with van der Waals surface area (Å²) in [6.07, 6.45) is 0. The zero-order chi connectivity index (χ0) is 12.7. The lowest BCUT2D eigenvalue weighted by Gasteiger charge is -2.03. The van der Waals surface area contributed by atoms with Crippen molar-refractivity contribution in [3.8, 4) is 10.7 Å². The summed E-state index contributed by atoms with van der Waals surface area (Å²) in [6.45, 7) is 2.95. The van der Waals surface area contributed by atoms with Crippen LogP contribution in [0.25, 0.3) is 21.7 Å². The number of aryl methyl sites for hydroxylation is 1. The normalized spacial score (nSPS) is 11.2. The van der Waals surface area contributed by atoms with E-state index in [1.807, 2.05) is 30.3 Å². The number of nitrogens with two attached hydrogens (primary N) is 1. The van der Waals surface area contributed by atoms with Gasteiger partial charge in [0.25, 0.3) is 0 Å². The molecule has 0 saturated carbocycles. The van der Waals surface area contributed by atoms with Gasteiger partial charge in [0.1, 0.15) is 0 Å². The van der Waals surface area contributed by atoms with Crippen molar-refractivity contribution in [2.45, 2.75) is 13.5 Å². The van der Waals surface area contributed by atoms with Gasteiger partial charge in [-0.25, -0.2) is 4.98 Å². The topological polar surface area (TPSA) is 43.8 Å². The summed E-state index contributed by atoms with van der Waals surface area (Å²) in [5.41, 5.74) is 7.81. The SMILES string of the molecule is CCn1c(-c2ccc(N)s2)nc2ccc(Cl)cc21. The molecule has 0 bridgehead atoms. The van der Waals surface area contributed by atoms with Crippen molar-refractivity contribution in [2.75, 3.05) is 5.73 Å². The minimum absolute atomic E-state index is 0.731. The summed E-state index contributed by atoms with van der Waals surface area (Å²) in [5, 5.41) is 1.53. The molecule has 0 spiro atoms. The van der Waals surface area contributed by atoms with Crippen LogP contribution in [0, 0.1) is 0 Å². The molecule has 3 nitrogen and oxygen atoms in total. The first-order valence-corrected chi connectivity index (χ1v) is 6.90. The Morgan fingerprint density at radius 3 is 2.83 bits per heavy atom. The fraction of sp³-hybridized carbons (Fsp3) is 0.154. The van der Waals surface area contributed by atoms with Crippen molar-refractivity contribution in [1.82, 2.24) is 9.55 Å². The Kier molecular flexibility index (Phi) is 2.76. The summed E-state index contributed by atoms with van der Waals surface area (Å²) in [6, 6.07) is 9.68. The number of fused-ring (bicyclic) bond motifs is 1. The summed E-state index contributed by atoms with van der Waals surface area (Å²) >= 11 is 7.60. The number of halogens is 1. The number of aromatic nitrogens is 2. The van der Waals surface area contributed by atoms with Crippen LogP contribution in [0.1, 0.15) is 6.92 Å². The Morgan fingerprint density at radius 2 is 2.17 bits per heavy atom. The number of nitrogens with zero attached hydrogens (tertiary/aromatic N) is 2. The molecule has 0 amide bonds. The molecular formula is C13H12ClN3S. The molecule has 0 aliphatic rings. The quantitative estimate of drug-likeness (QED) is 0.769. The number of thiophene rings is 1. The van der Waals surface area contributed by atoms with E-state index in [9.17, 15) is 0 Å². The lowest BCUT2D eigenvalue weighted by Crippen LogP contribution is -1.96. The number of benzene rings is 1. The van der Waals surface area contributed by atoms with Gasteiger partial charge in [0.2, 0.25) is 0 Å². The first kappa shape index (κ1) is 11.6. The summed E-state index contributed by atoms with van der Waals surface area (Å²) in [7, 11) is 0. The van der Waals surface area contributed by atoms with Crippen LogP contribution in [0.3, 0.4) is 0 Å². The highest BCUT2D eigenvalue weighted by atomic mass is 35.5. The Bertz CT molecular complexity index is 714. The molecule has 18 heavy (non-hydrogen) atoms. The molecule has 92 valence electrons. The summed E-state index contributed by atoms with van der Waals surface area (Å²) < 4.78 is 2.16. The Labute approximate surface area is 114 Å². The molecule has 2 aromatic heterocycles.